The van der Waals surface area contributed by atoms with Crippen LogP contribution in [0.3, 0.4) is 0 Å². The largest absolute Gasteiger partial charge is 0.403 e. The third-order valence-corrected chi connectivity index (χ3v) is 7.26. The summed E-state index contributed by atoms with van der Waals surface area (Å²) in [5, 5.41) is 16.8. The van der Waals surface area contributed by atoms with Crippen molar-refractivity contribution in [3.05, 3.63) is 54.1 Å². The van der Waals surface area contributed by atoms with Crippen LogP contribution in [0.2, 0.25) is 0 Å². The number of aliphatic imine (C=N–C) groups is 2. The van der Waals surface area contributed by atoms with Gasteiger partial charge in [-0.05, 0) is 64.0 Å². The molecule has 2 fully saturated rings. The Kier molecular flexibility index (Phi) is 7.44. The predicted octanol–water partition coefficient (Wildman–Crippen LogP) is 4.58. The lowest BCUT2D eigenvalue weighted by molar-refractivity contribution is 0.0185. The zero-order valence-corrected chi connectivity index (χ0v) is 20.5. The van der Waals surface area contributed by atoms with Gasteiger partial charge in [0.25, 0.3) is 0 Å². The molecule has 2 saturated carbocycles. The third kappa shape index (κ3) is 5.66. The van der Waals surface area contributed by atoms with Gasteiger partial charge >= 0.3 is 0 Å². The summed E-state index contributed by atoms with van der Waals surface area (Å²) in [6, 6.07) is 3.92. The van der Waals surface area contributed by atoms with Crippen molar-refractivity contribution in [2.24, 2.45) is 21.6 Å². The van der Waals surface area contributed by atoms with Crippen LogP contribution in [0, 0.1) is 17.6 Å². The van der Waals surface area contributed by atoms with Crippen molar-refractivity contribution in [2.75, 3.05) is 5.32 Å². The fraction of sp³-hybridized carbons (Fsp3) is 0.538. The summed E-state index contributed by atoms with van der Waals surface area (Å²) in [4.78, 5) is 11.2. The van der Waals surface area contributed by atoms with Gasteiger partial charge in [0.2, 0.25) is 5.96 Å². The molecule has 1 aromatic rings. The molecule has 2 atom stereocenters. The first-order chi connectivity index (χ1) is 16.7. The van der Waals surface area contributed by atoms with Crippen molar-refractivity contribution in [3.63, 3.8) is 0 Å². The van der Waals surface area contributed by atoms with Crippen LogP contribution in [0.5, 0.6) is 0 Å². The minimum Gasteiger partial charge on any atom is -0.403 e. The number of hydrogen-bond acceptors (Lipinski definition) is 6. The lowest BCUT2D eigenvalue weighted by atomic mass is 9.89. The molecule has 2 aliphatic carbocycles. The van der Waals surface area contributed by atoms with Crippen LogP contribution in [0.15, 0.2) is 52.5 Å². The molecule has 1 unspecified atom stereocenters. The molecule has 4 rings (SSSR count). The lowest BCUT2D eigenvalue weighted by Gasteiger charge is -2.31. The second kappa shape index (κ2) is 10.4. The fourth-order valence-corrected chi connectivity index (χ4v) is 5.30. The molecule has 0 radical (unpaired) electrons. The van der Waals surface area contributed by atoms with Crippen LogP contribution in [-0.4, -0.2) is 39.5 Å². The van der Waals surface area contributed by atoms with Gasteiger partial charge in [-0.3, -0.25) is 4.90 Å². The summed E-state index contributed by atoms with van der Waals surface area (Å²) >= 11 is 0. The minimum absolute atomic E-state index is 0.0645. The first kappa shape index (κ1) is 25.2. The average molecular weight is 487 g/mol. The number of benzene rings is 1. The molecule has 0 spiro atoms. The summed E-state index contributed by atoms with van der Waals surface area (Å²) in [7, 11) is 0. The summed E-state index contributed by atoms with van der Waals surface area (Å²) in [5.74, 6) is -0.157. The molecule has 35 heavy (non-hydrogen) atoms. The molecule has 0 amide bonds. The zero-order chi connectivity index (χ0) is 25.2. The van der Waals surface area contributed by atoms with Gasteiger partial charge in [0.15, 0.2) is 5.84 Å². The first-order valence-electron chi connectivity index (χ1n) is 12.4. The number of aliphatic hydroxyl groups is 1. The highest BCUT2D eigenvalue weighted by Gasteiger charge is 2.42. The van der Waals surface area contributed by atoms with E-state index in [9.17, 15) is 13.9 Å². The van der Waals surface area contributed by atoms with E-state index in [1.807, 2.05) is 18.7 Å². The van der Waals surface area contributed by atoms with E-state index < -0.39 is 17.2 Å². The molecular weight excluding hydrogens is 450 g/mol. The molecule has 9 heteroatoms. The number of halogens is 2. The molecule has 5 N–H and O–H groups in total. The molecule has 0 aromatic heterocycles. The van der Waals surface area contributed by atoms with E-state index in [0.717, 1.165) is 25.7 Å². The number of nitrogens with zero attached hydrogens (tertiary/aromatic N) is 3. The van der Waals surface area contributed by atoms with Gasteiger partial charge in [0.05, 0.1) is 5.60 Å². The summed E-state index contributed by atoms with van der Waals surface area (Å²) in [5.41, 5.74) is 5.18. The number of hydrogen-bond donors (Lipinski definition) is 4. The van der Waals surface area contributed by atoms with Gasteiger partial charge in [-0.25, -0.2) is 18.8 Å². The maximum atomic E-state index is 14.5. The van der Waals surface area contributed by atoms with E-state index in [0.29, 0.717) is 29.8 Å². The van der Waals surface area contributed by atoms with Gasteiger partial charge < -0.3 is 21.5 Å². The Balaban J connectivity index is 1.65. The van der Waals surface area contributed by atoms with Gasteiger partial charge in [-0.2, -0.15) is 0 Å². The van der Waals surface area contributed by atoms with E-state index in [1.54, 1.807) is 0 Å². The molecule has 1 aromatic carbocycles. The lowest BCUT2D eigenvalue weighted by Crippen LogP contribution is -2.44. The van der Waals surface area contributed by atoms with E-state index in [-0.39, 0.29) is 23.6 Å². The monoisotopic (exact) mass is 486 g/mol. The molecule has 1 heterocycles. The Labute approximate surface area is 205 Å². The van der Waals surface area contributed by atoms with Gasteiger partial charge in [0, 0.05) is 18.3 Å². The molecule has 190 valence electrons. The Morgan fingerprint density at radius 1 is 1.20 bits per heavy atom. The number of para-hydroxylation sites is 1. The standard InChI is InChI=1S/C26H36F2N6O/c1-16(30-18-8-5-4-6-9-18)31-24-22(15-29)32-25(33-23-20(27)10-7-11-21(23)28)34(24)19-13-12-17(14-19)26(2,3)35/h7,10-11,15,17-19,30,35H,1,4-6,8-9,12-14,29H2,2-3H3,(H,32,33)/b22-15+,31-24+/t17-,19?/m0/s1. The summed E-state index contributed by atoms with van der Waals surface area (Å²) in [6.07, 6.45) is 9.31. The Morgan fingerprint density at radius 3 is 2.49 bits per heavy atom. The number of anilines is 1. The van der Waals surface area contributed by atoms with Gasteiger partial charge in [0.1, 0.15) is 28.8 Å². The van der Waals surface area contributed by atoms with Crippen LogP contribution in [0.1, 0.15) is 65.2 Å². The van der Waals surface area contributed by atoms with Crippen LogP contribution in [-0.2, 0) is 0 Å². The smallest absolute Gasteiger partial charge is 0.210 e. The minimum atomic E-state index is -0.840. The van der Waals surface area contributed by atoms with Crippen molar-refractivity contribution in [2.45, 2.75) is 82.9 Å². The Hall–Kier alpha value is -2.94. The van der Waals surface area contributed by atoms with Crippen molar-refractivity contribution in [1.82, 2.24) is 10.2 Å². The van der Waals surface area contributed by atoms with Crippen molar-refractivity contribution >= 4 is 17.5 Å². The predicted molar refractivity (Wildman–Crippen MR) is 136 cm³/mol. The highest BCUT2D eigenvalue weighted by atomic mass is 19.1. The number of nitrogens with one attached hydrogen (secondary N) is 2. The number of amidine groups is 1. The second-order valence-corrected chi connectivity index (χ2v) is 10.3. The van der Waals surface area contributed by atoms with Crippen LogP contribution in [0.25, 0.3) is 0 Å². The quantitative estimate of drug-likeness (QED) is 0.472. The highest BCUT2D eigenvalue weighted by molar-refractivity contribution is 6.18. The normalized spacial score (nSPS) is 25.9. The Bertz CT molecular complexity index is 1020. The van der Waals surface area contributed by atoms with E-state index in [1.165, 1.54) is 43.7 Å². The first-order valence-corrected chi connectivity index (χ1v) is 12.4. The van der Waals surface area contributed by atoms with Crippen molar-refractivity contribution < 1.29 is 13.9 Å². The van der Waals surface area contributed by atoms with Crippen LogP contribution in [0.4, 0.5) is 14.5 Å². The average Bonchev–Trinajstić information content (AvgIpc) is 3.42. The molecular formula is C26H36F2N6O. The molecule has 1 aliphatic heterocycles. The SMILES string of the molecule is C=C(/N=C1\C(=C/N)N=C(Nc2c(F)cccc2F)N1C1CC[C@H](C(C)(C)O)C1)NC1CCCCC1. The third-order valence-electron chi connectivity index (χ3n) is 7.26. The van der Waals surface area contributed by atoms with Crippen LogP contribution >= 0.6 is 0 Å². The van der Waals surface area contributed by atoms with Crippen molar-refractivity contribution in [3.8, 4) is 0 Å². The summed E-state index contributed by atoms with van der Waals surface area (Å²) in [6.45, 7) is 7.72. The highest BCUT2D eigenvalue weighted by Crippen LogP contribution is 2.39. The van der Waals surface area contributed by atoms with Gasteiger partial charge in [-0.1, -0.05) is 31.9 Å². The number of nitrogens with two attached hydrogens (primary N) is 1. The van der Waals surface area contributed by atoms with E-state index in [2.05, 4.69) is 22.2 Å². The van der Waals surface area contributed by atoms with Crippen LogP contribution < -0.4 is 16.4 Å². The fourth-order valence-electron chi connectivity index (χ4n) is 5.30. The maximum absolute atomic E-state index is 14.5. The maximum Gasteiger partial charge on any atom is 0.210 e. The Morgan fingerprint density at radius 2 is 1.89 bits per heavy atom. The summed E-state index contributed by atoms with van der Waals surface area (Å²) < 4.78 is 28.9. The molecule has 0 bridgehead atoms. The molecule has 3 aliphatic rings. The van der Waals surface area contributed by atoms with Crippen molar-refractivity contribution in [1.29, 1.82) is 0 Å². The van der Waals surface area contributed by atoms with E-state index >= 15 is 0 Å². The molecule has 0 saturated heterocycles. The van der Waals surface area contributed by atoms with Gasteiger partial charge in [-0.15, -0.1) is 0 Å². The molecule has 7 nitrogen and oxygen atoms in total. The number of rotatable bonds is 6. The second-order valence-electron chi connectivity index (χ2n) is 10.3. The zero-order valence-electron chi connectivity index (χ0n) is 20.5. The number of guanidine groups is 1. The van der Waals surface area contributed by atoms with E-state index in [4.69, 9.17) is 10.7 Å². The topological polar surface area (TPSA) is 98.3 Å².